The Labute approximate surface area is 113 Å². The Bertz CT molecular complexity index is 552. The summed E-state index contributed by atoms with van der Waals surface area (Å²) in [5, 5.41) is 0. The van der Waals surface area contributed by atoms with Crippen molar-refractivity contribution in [2.75, 3.05) is 17.2 Å². The number of anilines is 3. The lowest BCUT2D eigenvalue weighted by Crippen LogP contribution is -2.10. The predicted octanol–water partition coefficient (Wildman–Crippen LogP) is 2.76. The molecule has 0 fully saturated rings. The van der Waals surface area contributed by atoms with Crippen LogP contribution in [-0.4, -0.2) is 4.98 Å². The summed E-state index contributed by atoms with van der Waals surface area (Å²) in [6.07, 6.45) is 2.05. The van der Waals surface area contributed by atoms with Gasteiger partial charge < -0.3 is 17.2 Å². The standard InChI is InChI=1S/C15H20N4/c1-2-6-11(10-7-4-3-5-8-10)12-9-13(16)19-15(18)14(12)17/h3-5,7-9,11H,2,6,17H2,1H3,(H4,16,18,19). The number of nitrogen functional groups attached to an aromatic ring is 3. The predicted molar refractivity (Wildman–Crippen MR) is 80.7 cm³/mol. The summed E-state index contributed by atoms with van der Waals surface area (Å²) in [5.74, 6) is 0.935. The molecule has 1 heterocycles. The van der Waals surface area contributed by atoms with Gasteiger partial charge in [0, 0.05) is 5.92 Å². The molecular weight excluding hydrogens is 236 g/mol. The van der Waals surface area contributed by atoms with Gasteiger partial charge in [-0.2, -0.15) is 0 Å². The fraction of sp³-hybridized carbons (Fsp3) is 0.267. The number of hydrogen-bond acceptors (Lipinski definition) is 4. The Balaban J connectivity index is 2.51. The van der Waals surface area contributed by atoms with Crippen molar-refractivity contribution in [3.8, 4) is 0 Å². The summed E-state index contributed by atoms with van der Waals surface area (Å²) in [5.41, 5.74) is 20.4. The molecule has 0 aliphatic carbocycles. The third-order valence-electron chi connectivity index (χ3n) is 3.29. The van der Waals surface area contributed by atoms with Crippen molar-refractivity contribution in [1.82, 2.24) is 4.98 Å². The molecule has 6 N–H and O–H groups in total. The van der Waals surface area contributed by atoms with Crippen LogP contribution in [0.25, 0.3) is 0 Å². The number of nitrogens with two attached hydrogens (primary N) is 3. The van der Waals surface area contributed by atoms with Crippen LogP contribution in [0.4, 0.5) is 17.3 Å². The molecule has 0 amide bonds. The van der Waals surface area contributed by atoms with Gasteiger partial charge in [0.15, 0.2) is 0 Å². The van der Waals surface area contributed by atoms with Gasteiger partial charge in [-0.3, -0.25) is 0 Å². The first-order valence-corrected chi connectivity index (χ1v) is 6.49. The van der Waals surface area contributed by atoms with Crippen LogP contribution in [0.2, 0.25) is 0 Å². The van der Waals surface area contributed by atoms with Gasteiger partial charge in [0.2, 0.25) is 0 Å². The second-order valence-electron chi connectivity index (χ2n) is 4.69. The molecule has 0 spiro atoms. The van der Waals surface area contributed by atoms with Gasteiger partial charge in [0.25, 0.3) is 0 Å². The van der Waals surface area contributed by atoms with Gasteiger partial charge in [0.05, 0.1) is 5.69 Å². The molecule has 0 radical (unpaired) electrons. The maximum atomic E-state index is 6.08. The maximum absolute atomic E-state index is 6.08. The highest BCUT2D eigenvalue weighted by atomic mass is 14.9. The molecule has 4 nitrogen and oxygen atoms in total. The van der Waals surface area contributed by atoms with Crippen LogP contribution in [0.15, 0.2) is 36.4 Å². The highest BCUT2D eigenvalue weighted by Gasteiger charge is 2.18. The van der Waals surface area contributed by atoms with Crippen LogP contribution in [0.5, 0.6) is 0 Å². The van der Waals surface area contributed by atoms with E-state index in [1.165, 1.54) is 5.56 Å². The molecule has 0 aliphatic rings. The monoisotopic (exact) mass is 256 g/mol. The minimum Gasteiger partial charge on any atom is -0.396 e. The van der Waals surface area contributed by atoms with Crippen LogP contribution in [0.1, 0.15) is 36.8 Å². The molecule has 0 saturated carbocycles. The second-order valence-corrected chi connectivity index (χ2v) is 4.69. The van der Waals surface area contributed by atoms with E-state index >= 15 is 0 Å². The highest BCUT2D eigenvalue weighted by Crippen LogP contribution is 2.35. The molecule has 0 aliphatic heterocycles. The Morgan fingerprint density at radius 2 is 1.79 bits per heavy atom. The van der Waals surface area contributed by atoms with Gasteiger partial charge in [-0.15, -0.1) is 0 Å². The molecule has 1 atom stereocenters. The van der Waals surface area contributed by atoms with E-state index in [0.717, 1.165) is 18.4 Å². The summed E-state index contributed by atoms with van der Waals surface area (Å²) < 4.78 is 0. The third-order valence-corrected chi connectivity index (χ3v) is 3.29. The van der Waals surface area contributed by atoms with Crippen molar-refractivity contribution < 1.29 is 0 Å². The van der Waals surface area contributed by atoms with E-state index in [2.05, 4.69) is 24.0 Å². The zero-order valence-electron chi connectivity index (χ0n) is 11.1. The molecule has 2 aromatic rings. The first-order valence-electron chi connectivity index (χ1n) is 6.49. The minimum atomic E-state index is 0.207. The molecule has 0 bridgehead atoms. The number of rotatable bonds is 4. The summed E-state index contributed by atoms with van der Waals surface area (Å²) in [4.78, 5) is 4.00. The average Bonchev–Trinajstić information content (AvgIpc) is 2.41. The molecule has 4 heteroatoms. The molecule has 19 heavy (non-hydrogen) atoms. The molecule has 1 aromatic heterocycles. The van der Waals surface area contributed by atoms with Crippen molar-refractivity contribution in [3.63, 3.8) is 0 Å². The topological polar surface area (TPSA) is 90.9 Å². The SMILES string of the molecule is CCCC(c1ccccc1)c1cc(N)nc(N)c1N. The van der Waals surface area contributed by atoms with Crippen LogP contribution in [0, 0.1) is 0 Å². The summed E-state index contributed by atoms with van der Waals surface area (Å²) >= 11 is 0. The van der Waals surface area contributed by atoms with Gasteiger partial charge in [-0.25, -0.2) is 4.98 Å². The number of nitrogens with zero attached hydrogens (tertiary/aromatic N) is 1. The van der Waals surface area contributed by atoms with Gasteiger partial charge in [-0.05, 0) is 23.6 Å². The van der Waals surface area contributed by atoms with E-state index in [9.17, 15) is 0 Å². The largest absolute Gasteiger partial charge is 0.396 e. The average molecular weight is 256 g/mol. The van der Waals surface area contributed by atoms with E-state index in [1.54, 1.807) is 0 Å². The van der Waals surface area contributed by atoms with E-state index in [0.29, 0.717) is 17.3 Å². The zero-order valence-corrected chi connectivity index (χ0v) is 11.1. The quantitative estimate of drug-likeness (QED) is 0.784. The highest BCUT2D eigenvalue weighted by molar-refractivity contribution is 5.68. The van der Waals surface area contributed by atoms with Gasteiger partial charge in [-0.1, -0.05) is 43.7 Å². The van der Waals surface area contributed by atoms with E-state index in [1.807, 2.05) is 24.3 Å². The molecule has 0 saturated heterocycles. The normalized spacial score (nSPS) is 12.3. The first kappa shape index (κ1) is 13.2. The maximum Gasteiger partial charge on any atom is 0.149 e. The molecule has 100 valence electrons. The second kappa shape index (κ2) is 5.61. The minimum absolute atomic E-state index is 0.207. The Kier molecular flexibility index (Phi) is 3.90. The fourth-order valence-electron chi connectivity index (χ4n) is 2.38. The van der Waals surface area contributed by atoms with Gasteiger partial charge >= 0.3 is 0 Å². The smallest absolute Gasteiger partial charge is 0.149 e. The van der Waals surface area contributed by atoms with Crippen molar-refractivity contribution in [2.45, 2.75) is 25.7 Å². The van der Waals surface area contributed by atoms with Gasteiger partial charge in [0.1, 0.15) is 11.6 Å². The lowest BCUT2D eigenvalue weighted by molar-refractivity contribution is 0.700. The number of aromatic nitrogens is 1. The molecule has 1 aromatic carbocycles. The molecule has 1 unspecified atom stereocenters. The lowest BCUT2D eigenvalue weighted by Gasteiger charge is -2.20. The Morgan fingerprint density at radius 3 is 2.42 bits per heavy atom. The number of benzene rings is 1. The molecule has 2 rings (SSSR count). The number of pyridine rings is 1. The van der Waals surface area contributed by atoms with Crippen LogP contribution >= 0.6 is 0 Å². The summed E-state index contributed by atoms with van der Waals surface area (Å²) in [6, 6.07) is 12.1. The first-order chi connectivity index (χ1) is 9.13. The van der Waals surface area contributed by atoms with Crippen LogP contribution < -0.4 is 17.2 Å². The van der Waals surface area contributed by atoms with E-state index in [4.69, 9.17) is 17.2 Å². The summed E-state index contributed by atoms with van der Waals surface area (Å²) in [6.45, 7) is 2.15. The lowest BCUT2D eigenvalue weighted by atomic mass is 9.87. The molecular formula is C15H20N4. The Morgan fingerprint density at radius 1 is 1.11 bits per heavy atom. The Hall–Kier alpha value is -2.23. The third kappa shape index (κ3) is 2.78. The van der Waals surface area contributed by atoms with Crippen LogP contribution in [0.3, 0.4) is 0 Å². The van der Waals surface area contributed by atoms with Crippen molar-refractivity contribution in [2.24, 2.45) is 0 Å². The summed E-state index contributed by atoms with van der Waals surface area (Å²) in [7, 11) is 0. The number of hydrogen-bond donors (Lipinski definition) is 3. The fourth-order valence-corrected chi connectivity index (χ4v) is 2.38. The zero-order chi connectivity index (χ0) is 13.8. The van der Waals surface area contributed by atoms with E-state index < -0.39 is 0 Å². The van der Waals surface area contributed by atoms with Crippen molar-refractivity contribution >= 4 is 17.3 Å². The van der Waals surface area contributed by atoms with Crippen molar-refractivity contribution in [3.05, 3.63) is 47.5 Å². The van der Waals surface area contributed by atoms with Crippen LogP contribution in [-0.2, 0) is 0 Å². The van der Waals surface area contributed by atoms with E-state index in [-0.39, 0.29) is 5.92 Å². The van der Waals surface area contributed by atoms with Crippen molar-refractivity contribution in [1.29, 1.82) is 0 Å².